The Bertz CT molecular complexity index is 1050. The summed E-state index contributed by atoms with van der Waals surface area (Å²) in [6, 6.07) is 15.2. The predicted molar refractivity (Wildman–Crippen MR) is 135 cm³/mol. The minimum Gasteiger partial charge on any atom is -0.392 e. The molecule has 1 aliphatic heterocycles. The first kappa shape index (κ1) is 24.8. The van der Waals surface area contributed by atoms with Gasteiger partial charge >= 0.3 is 6.03 Å². The average Bonchev–Trinajstić information content (AvgIpc) is 3.27. The largest absolute Gasteiger partial charge is 0.392 e. The zero-order valence-electron chi connectivity index (χ0n) is 19.1. The first-order valence-electron chi connectivity index (χ1n) is 11.9. The Kier molecular flexibility index (Phi) is 8.33. The summed E-state index contributed by atoms with van der Waals surface area (Å²) in [6.07, 6.45) is 4.25. The van der Waals surface area contributed by atoms with Crippen molar-refractivity contribution in [2.45, 2.75) is 50.2 Å². The maximum absolute atomic E-state index is 13.3. The second kappa shape index (κ2) is 11.4. The van der Waals surface area contributed by atoms with E-state index in [-0.39, 0.29) is 18.2 Å². The van der Waals surface area contributed by atoms with Crippen LogP contribution in [0.15, 0.2) is 42.5 Å². The van der Waals surface area contributed by atoms with Gasteiger partial charge in [0.1, 0.15) is 0 Å². The van der Waals surface area contributed by atoms with Crippen molar-refractivity contribution in [1.29, 1.82) is 5.26 Å². The molecule has 1 aliphatic carbocycles. The number of aliphatic hydroxyl groups excluding tert-OH is 1. The first-order chi connectivity index (χ1) is 16.4. The summed E-state index contributed by atoms with van der Waals surface area (Å²) in [5, 5.41) is 22.9. The molecule has 2 aromatic carbocycles. The quantitative estimate of drug-likeness (QED) is 0.549. The van der Waals surface area contributed by atoms with Crippen molar-refractivity contribution in [2.24, 2.45) is 0 Å². The van der Waals surface area contributed by atoms with E-state index in [9.17, 15) is 15.2 Å². The number of hydrogen-bond donors (Lipinski definition) is 2. The van der Waals surface area contributed by atoms with E-state index in [2.05, 4.69) is 22.4 Å². The SMILES string of the molecule is N#Cc1cccc(C2CCC(N(CCN3CC[C@@H](O)C3)C(=O)Nc3ccc(Cl)c(Cl)c3)CC2)c1. The van der Waals surface area contributed by atoms with Crippen molar-refractivity contribution in [3.63, 3.8) is 0 Å². The van der Waals surface area contributed by atoms with Gasteiger partial charge in [-0.15, -0.1) is 0 Å². The molecule has 180 valence electrons. The van der Waals surface area contributed by atoms with Crippen molar-refractivity contribution >= 4 is 34.9 Å². The molecule has 0 radical (unpaired) electrons. The lowest BCUT2D eigenvalue weighted by atomic mass is 9.81. The fourth-order valence-corrected chi connectivity index (χ4v) is 5.36. The minimum atomic E-state index is -0.280. The van der Waals surface area contributed by atoms with Gasteiger partial charge in [-0.2, -0.15) is 5.26 Å². The summed E-state index contributed by atoms with van der Waals surface area (Å²) in [6.45, 7) is 2.84. The van der Waals surface area contributed by atoms with Crippen molar-refractivity contribution in [3.8, 4) is 6.07 Å². The van der Waals surface area contributed by atoms with Crippen LogP contribution in [0.1, 0.15) is 49.1 Å². The molecule has 1 saturated carbocycles. The molecule has 1 saturated heterocycles. The second-order valence-corrected chi connectivity index (χ2v) is 10.1. The number of amides is 2. The molecule has 2 fully saturated rings. The Balaban J connectivity index is 1.43. The highest BCUT2D eigenvalue weighted by atomic mass is 35.5. The Morgan fingerprint density at radius 1 is 1.12 bits per heavy atom. The van der Waals surface area contributed by atoms with Crippen molar-refractivity contribution in [2.75, 3.05) is 31.5 Å². The van der Waals surface area contributed by atoms with Crippen LogP contribution in [0.5, 0.6) is 0 Å². The lowest BCUT2D eigenvalue weighted by Gasteiger charge is -2.38. The number of halogens is 2. The smallest absolute Gasteiger partial charge is 0.322 e. The number of aliphatic hydroxyl groups is 1. The van der Waals surface area contributed by atoms with E-state index in [4.69, 9.17) is 23.2 Å². The second-order valence-electron chi connectivity index (χ2n) is 9.24. The fraction of sp³-hybridized carbons (Fsp3) is 0.462. The highest BCUT2D eigenvalue weighted by Crippen LogP contribution is 2.35. The van der Waals surface area contributed by atoms with Crippen LogP contribution < -0.4 is 5.32 Å². The van der Waals surface area contributed by atoms with Gasteiger partial charge < -0.3 is 15.3 Å². The van der Waals surface area contributed by atoms with Gasteiger partial charge in [0.15, 0.2) is 0 Å². The van der Waals surface area contributed by atoms with E-state index in [1.807, 2.05) is 23.1 Å². The van der Waals surface area contributed by atoms with Crippen molar-refractivity contribution in [3.05, 3.63) is 63.6 Å². The molecule has 4 rings (SSSR count). The van der Waals surface area contributed by atoms with Crippen LogP contribution in [0.2, 0.25) is 10.0 Å². The monoisotopic (exact) mass is 500 g/mol. The average molecular weight is 501 g/mol. The Morgan fingerprint density at radius 2 is 1.91 bits per heavy atom. The summed E-state index contributed by atoms with van der Waals surface area (Å²) in [7, 11) is 0. The van der Waals surface area contributed by atoms with E-state index < -0.39 is 0 Å². The Labute approximate surface area is 211 Å². The molecular weight excluding hydrogens is 471 g/mol. The van der Waals surface area contributed by atoms with Gasteiger partial charge in [0.25, 0.3) is 0 Å². The lowest BCUT2D eigenvalue weighted by molar-refractivity contribution is 0.143. The highest BCUT2D eigenvalue weighted by molar-refractivity contribution is 6.42. The summed E-state index contributed by atoms with van der Waals surface area (Å²) in [4.78, 5) is 17.5. The van der Waals surface area contributed by atoms with E-state index in [0.29, 0.717) is 40.3 Å². The standard InChI is InChI=1S/C26H30Cl2N4O2/c27-24-9-6-21(15-25(24)28)30-26(34)32(13-12-31-11-10-23(33)17-31)22-7-4-19(5-8-22)20-3-1-2-18(14-20)16-29/h1-3,6,9,14-15,19,22-23,33H,4-5,7-8,10-13,17H2,(H,30,34)/t19?,22?,23-/m1/s1. The number of hydrogen-bond acceptors (Lipinski definition) is 4. The number of rotatable bonds is 6. The number of β-amino-alcohol motifs (C(OH)–C–C–N with tert-alkyl or cyclic N) is 1. The summed E-state index contributed by atoms with van der Waals surface area (Å²) in [5.41, 5.74) is 2.51. The minimum absolute atomic E-state index is 0.130. The number of nitrogens with one attached hydrogen (secondary N) is 1. The van der Waals surface area contributed by atoms with Gasteiger partial charge in [0.2, 0.25) is 0 Å². The van der Waals surface area contributed by atoms with E-state index in [1.54, 1.807) is 18.2 Å². The van der Waals surface area contributed by atoms with E-state index in [0.717, 1.165) is 45.2 Å². The third-order valence-electron chi connectivity index (χ3n) is 6.96. The number of nitrogens with zero attached hydrogens (tertiary/aromatic N) is 3. The van der Waals surface area contributed by atoms with Crippen LogP contribution in [0.4, 0.5) is 10.5 Å². The third kappa shape index (κ3) is 6.22. The molecule has 0 spiro atoms. The molecule has 2 N–H and O–H groups in total. The van der Waals surface area contributed by atoms with Gasteiger partial charge in [-0.25, -0.2) is 4.79 Å². The summed E-state index contributed by atoms with van der Waals surface area (Å²) >= 11 is 12.2. The molecule has 8 heteroatoms. The van der Waals surface area contributed by atoms with Gasteiger partial charge in [-0.3, -0.25) is 4.90 Å². The lowest BCUT2D eigenvalue weighted by Crippen LogP contribution is -2.47. The predicted octanol–water partition coefficient (Wildman–Crippen LogP) is 5.49. The maximum atomic E-state index is 13.3. The normalized spacial score (nSPS) is 22.8. The number of likely N-dealkylation sites (tertiary alicyclic amines) is 1. The number of carbonyl (C=O) groups excluding carboxylic acids is 1. The molecule has 6 nitrogen and oxygen atoms in total. The zero-order valence-corrected chi connectivity index (χ0v) is 20.6. The summed E-state index contributed by atoms with van der Waals surface area (Å²) in [5.74, 6) is 0.401. The Hall–Kier alpha value is -2.30. The number of urea groups is 1. The van der Waals surface area contributed by atoms with Gasteiger partial charge in [-0.05, 0) is 73.9 Å². The molecule has 2 aromatic rings. The van der Waals surface area contributed by atoms with Crippen LogP contribution in [0.25, 0.3) is 0 Å². The van der Waals surface area contributed by atoms with Gasteiger partial charge in [0.05, 0.1) is 27.8 Å². The van der Waals surface area contributed by atoms with E-state index in [1.165, 1.54) is 5.56 Å². The summed E-state index contributed by atoms with van der Waals surface area (Å²) < 4.78 is 0. The molecule has 1 atom stereocenters. The maximum Gasteiger partial charge on any atom is 0.322 e. The molecular formula is C26H30Cl2N4O2. The molecule has 34 heavy (non-hydrogen) atoms. The topological polar surface area (TPSA) is 79.6 Å². The van der Waals surface area contributed by atoms with Gasteiger partial charge in [0, 0.05) is 37.9 Å². The molecule has 0 bridgehead atoms. The van der Waals surface area contributed by atoms with Crippen LogP contribution in [0, 0.1) is 11.3 Å². The molecule has 2 amide bonds. The first-order valence-corrected chi connectivity index (χ1v) is 12.6. The van der Waals surface area contributed by atoms with Crippen molar-refractivity contribution in [1.82, 2.24) is 9.80 Å². The van der Waals surface area contributed by atoms with Crippen LogP contribution in [-0.4, -0.2) is 59.3 Å². The third-order valence-corrected chi connectivity index (χ3v) is 7.70. The molecule has 2 aliphatic rings. The van der Waals surface area contributed by atoms with Crippen LogP contribution in [0.3, 0.4) is 0 Å². The number of carbonyl (C=O) groups is 1. The zero-order chi connectivity index (χ0) is 24.1. The Morgan fingerprint density at radius 3 is 2.59 bits per heavy atom. The fourth-order valence-electron chi connectivity index (χ4n) is 5.07. The van der Waals surface area contributed by atoms with Crippen molar-refractivity contribution < 1.29 is 9.90 Å². The van der Waals surface area contributed by atoms with Crippen LogP contribution in [-0.2, 0) is 0 Å². The molecule has 0 unspecified atom stereocenters. The molecule has 0 aromatic heterocycles. The molecule has 1 heterocycles. The number of benzene rings is 2. The number of nitriles is 1. The number of anilines is 1. The van der Waals surface area contributed by atoms with Gasteiger partial charge in [-0.1, -0.05) is 35.3 Å². The van der Waals surface area contributed by atoms with Crippen LogP contribution >= 0.6 is 23.2 Å². The van der Waals surface area contributed by atoms with E-state index >= 15 is 0 Å². The highest BCUT2D eigenvalue weighted by Gasteiger charge is 2.31.